The van der Waals surface area contributed by atoms with Crippen molar-refractivity contribution in [2.75, 3.05) is 13.2 Å². The number of hydrogen-bond donors (Lipinski definition) is 0. The van der Waals surface area contributed by atoms with Crippen LogP contribution in [0.25, 0.3) is 0 Å². The van der Waals surface area contributed by atoms with Gasteiger partial charge in [0.2, 0.25) is 0 Å². The minimum atomic E-state index is -4.40. The number of carbonyl (C=O) groups excluding carboxylic acids is 2. The van der Waals surface area contributed by atoms with Crippen molar-refractivity contribution in [2.24, 2.45) is 0 Å². The lowest BCUT2D eigenvalue weighted by Crippen LogP contribution is -2.44. The summed E-state index contributed by atoms with van der Waals surface area (Å²) < 4.78 is 36.0. The van der Waals surface area contributed by atoms with Gasteiger partial charge in [0.15, 0.2) is 0 Å². The van der Waals surface area contributed by atoms with Crippen molar-refractivity contribution < 1.29 is 33.0 Å². The molecule has 0 saturated carbocycles. The Balaban J connectivity index is 2.58. The molecule has 0 aliphatic heterocycles. The molecule has 0 atom stereocenters. The molecule has 0 aromatic heterocycles. The number of benzene rings is 1. The highest BCUT2D eigenvalue weighted by molar-refractivity contribution is 14.1. The van der Waals surface area contributed by atoms with Crippen molar-refractivity contribution in [2.45, 2.75) is 6.11 Å². The second kappa shape index (κ2) is 8.14. The van der Waals surface area contributed by atoms with Crippen molar-refractivity contribution in [3.8, 4) is 0 Å². The van der Waals surface area contributed by atoms with Crippen molar-refractivity contribution in [1.29, 1.82) is 0 Å². The number of halogens is 5. The van der Waals surface area contributed by atoms with Gasteiger partial charge in [-0.3, -0.25) is 0 Å². The zero-order valence-corrected chi connectivity index (χ0v) is 16.5. The number of alkyl halides is 2. The van der Waals surface area contributed by atoms with Gasteiger partial charge in [-0.25, -0.2) is 4.79 Å². The predicted octanol–water partition coefficient (Wildman–Crippen LogP) is 2.02. The highest BCUT2D eigenvalue weighted by Gasteiger charge is 2.32. The number of carboxylic acid groups (broad SMARTS) is 1. The fourth-order valence-corrected chi connectivity index (χ4v) is 3.52. The molecule has 0 aliphatic rings. The van der Waals surface area contributed by atoms with Crippen molar-refractivity contribution in [3.05, 3.63) is 28.4 Å². The van der Waals surface area contributed by atoms with Gasteiger partial charge >= 0.3 is 12.1 Å². The lowest BCUT2D eigenvalue weighted by Gasteiger charge is -2.17. The van der Waals surface area contributed by atoms with Crippen molar-refractivity contribution >= 4 is 79.7 Å². The smallest absolute Gasteiger partial charge is 0.397 e. The third kappa shape index (κ3) is 5.70. The first kappa shape index (κ1) is 19.2. The molecule has 116 valence electrons. The minimum absolute atomic E-state index is 0.304. The van der Waals surface area contributed by atoms with Crippen LogP contribution in [0.1, 0.15) is 10.4 Å². The number of rotatable bonds is 6. The van der Waals surface area contributed by atoms with Crippen LogP contribution in [0.4, 0.5) is 8.78 Å². The standard InChI is InChI=1S/C11H7F2I3O5/c12-11(13,10(18)19)21-2-1-20-9(17)6-3-5(14)4-7(15)8(6)16/h3-4H,1-2H2,(H,18,19)/p-1. The lowest BCUT2D eigenvalue weighted by atomic mass is 10.2. The third-order valence-electron chi connectivity index (χ3n) is 2.05. The molecule has 1 rings (SSSR count). The van der Waals surface area contributed by atoms with E-state index in [4.69, 9.17) is 4.74 Å². The van der Waals surface area contributed by atoms with E-state index in [1.54, 1.807) is 6.07 Å². The van der Waals surface area contributed by atoms with Crippen molar-refractivity contribution in [3.63, 3.8) is 0 Å². The van der Waals surface area contributed by atoms with E-state index < -0.39 is 31.3 Å². The first-order chi connectivity index (χ1) is 9.65. The molecule has 0 amide bonds. The van der Waals surface area contributed by atoms with E-state index in [2.05, 4.69) is 27.3 Å². The summed E-state index contributed by atoms with van der Waals surface area (Å²) in [5.74, 6) is -3.34. The van der Waals surface area contributed by atoms with Crippen LogP contribution in [0.5, 0.6) is 0 Å². The van der Waals surface area contributed by atoms with Gasteiger partial charge in [0.05, 0.1) is 12.2 Å². The van der Waals surface area contributed by atoms with E-state index in [9.17, 15) is 23.5 Å². The van der Waals surface area contributed by atoms with Gasteiger partial charge < -0.3 is 19.4 Å². The Kier molecular flexibility index (Phi) is 7.45. The van der Waals surface area contributed by atoms with E-state index in [0.717, 1.165) is 7.14 Å². The van der Waals surface area contributed by atoms with Crippen LogP contribution in [0.2, 0.25) is 0 Å². The number of esters is 1. The van der Waals surface area contributed by atoms with E-state index >= 15 is 0 Å². The Morgan fingerprint density at radius 2 is 1.81 bits per heavy atom. The fraction of sp³-hybridized carbons (Fsp3) is 0.273. The number of ether oxygens (including phenoxy) is 2. The summed E-state index contributed by atoms with van der Waals surface area (Å²) in [6.45, 7) is -1.26. The van der Waals surface area contributed by atoms with Gasteiger partial charge in [-0.05, 0) is 79.9 Å². The Hall–Kier alpha value is 0.170. The summed E-state index contributed by atoms with van der Waals surface area (Å²) in [6, 6.07) is 3.46. The molecule has 0 unspecified atom stereocenters. The molecule has 0 saturated heterocycles. The van der Waals surface area contributed by atoms with Gasteiger partial charge in [0, 0.05) is 10.7 Å². The quantitative estimate of drug-likeness (QED) is 0.207. The Morgan fingerprint density at radius 1 is 1.19 bits per heavy atom. The summed E-state index contributed by atoms with van der Waals surface area (Å²) in [5.41, 5.74) is 0.304. The average molecular weight is 637 g/mol. The summed E-state index contributed by atoms with van der Waals surface area (Å²) in [4.78, 5) is 21.8. The van der Waals surface area contributed by atoms with Gasteiger partial charge in [0.1, 0.15) is 12.6 Å². The maximum Gasteiger partial charge on any atom is 0.397 e. The van der Waals surface area contributed by atoms with E-state index in [1.165, 1.54) is 0 Å². The highest BCUT2D eigenvalue weighted by atomic mass is 127. The number of carbonyl (C=O) groups is 2. The van der Waals surface area contributed by atoms with Gasteiger partial charge in [0.25, 0.3) is 0 Å². The van der Waals surface area contributed by atoms with Gasteiger partial charge in [-0.15, -0.1) is 0 Å². The molecule has 21 heavy (non-hydrogen) atoms. The van der Waals surface area contributed by atoms with Gasteiger partial charge in [-0.2, -0.15) is 8.78 Å². The first-order valence-corrected chi connectivity index (χ1v) is 8.43. The van der Waals surface area contributed by atoms with Crippen LogP contribution in [-0.4, -0.2) is 31.3 Å². The number of aliphatic carboxylic acids is 1. The Bertz CT molecular complexity index is 565. The molecule has 0 N–H and O–H groups in total. The van der Waals surface area contributed by atoms with Crippen LogP contribution in [0.15, 0.2) is 12.1 Å². The van der Waals surface area contributed by atoms with Gasteiger partial charge in [-0.1, -0.05) is 0 Å². The second-order valence-electron chi connectivity index (χ2n) is 3.54. The second-order valence-corrected chi connectivity index (χ2v) is 7.02. The summed E-state index contributed by atoms with van der Waals surface area (Å²) >= 11 is 6.06. The van der Waals surface area contributed by atoms with Crippen LogP contribution in [0.3, 0.4) is 0 Å². The van der Waals surface area contributed by atoms with Crippen LogP contribution in [-0.2, 0) is 14.3 Å². The first-order valence-electron chi connectivity index (χ1n) is 5.20. The highest BCUT2D eigenvalue weighted by Crippen LogP contribution is 2.23. The molecule has 5 nitrogen and oxygen atoms in total. The zero-order chi connectivity index (χ0) is 16.2. The van der Waals surface area contributed by atoms with E-state index in [-0.39, 0.29) is 0 Å². The Morgan fingerprint density at radius 3 is 2.38 bits per heavy atom. The third-order valence-corrected chi connectivity index (χ3v) is 5.72. The predicted molar refractivity (Wildman–Crippen MR) is 90.8 cm³/mol. The lowest BCUT2D eigenvalue weighted by molar-refractivity contribution is -0.363. The Labute approximate surface area is 159 Å². The molecule has 0 aliphatic carbocycles. The maximum atomic E-state index is 12.5. The normalized spacial score (nSPS) is 11.3. The summed E-state index contributed by atoms with van der Waals surface area (Å²) in [5, 5.41) is 9.99. The molecule has 0 heterocycles. The monoisotopic (exact) mass is 637 g/mol. The molecule has 0 radical (unpaired) electrons. The van der Waals surface area contributed by atoms with Crippen LogP contribution >= 0.6 is 67.8 Å². The number of hydrogen-bond acceptors (Lipinski definition) is 5. The summed E-state index contributed by atoms with van der Waals surface area (Å²) in [6.07, 6.45) is -4.40. The van der Waals surface area contributed by atoms with E-state index in [1.807, 2.05) is 51.2 Å². The molecular weight excluding hydrogens is 631 g/mol. The van der Waals surface area contributed by atoms with Crippen LogP contribution in [0, 0.1) is 10.7 Å². The molecule has 1 aromatic rings. The SMILES string of the molecule is O=C(OCCOC(F)(F)C(=O)[O-])c1cc(I)cc(I)c1I. The van der Waals surface area contributed by atoms with Crippen molar-refractivity contribution in [1.82, 2.24) is 0 Å². The molecule has 1 aromatic carbocycles. The molecule has 0 spiro atoms. The zero-order valence-electron chi connectivity index (χ0n) is 10.00. The fourth-order valence-electron chi connectivity index (χ4n) is 1.15. The average Bonchev–Trinajstić information content (AvgIpc) is 2.38. The largest absolute Gasteiger partial charge is 0.542 e. The molecular formula is C11H6F2I3O5-. The molecule has 0 bridgehead atoms. The number of carboxylic acids is 1. The molecule has 0 fully saturated rings. The maximum absolute atomic E-state index is 12.5. The summed E-state index contributed by atoms with van der Waals surface area (Å²) in [7, 11) is 0. The molecule has 10 heteroatoms. The van der Waals surface area contributed by atoms with E-state index in [0.29, 0.717) is 9.13 Å². The van der Waals surface area contributed by atoms with Crippen LogP contribution < -0.4 is 5.11 Å². The topological polar surface area (TPSA) is 75.7 Å². The minimum Gasteiger partial charge on any atom is -0.542 e.